The van der Waals surface area contributed by atoms with Crippen LogP contribution in [0.15, 0.2) is 54.6 Å². The summed E-state index contributed by atoms with van der Waals surface area (Å²) in [7, 11) is 0. The average molecular weight is 328 g/mol. The predicted molar refractivity (Wildman–Crippen MR) is 85.4 cm³/mol. The maximum Gasteiger partial charge on any atom is 0.248 e. The number of nitrogens with zero attached hydrogens (tertiary/aromatic N) is 4. The zero-order valence-corrected chi connectivity index (χ0v) is 12.6. The van der Waals surface area contributed by atoms with Crippen molar-refractivity contribution in [3.63, 3.8) is 0 Å². The van der Waals surface area contributed by atoms with E-state index in [1.54, 1.807) is 16.8 Å². The number of benzene rings is 2. The number of nitrogens with one attached hydrogen (secondary N) is 1. The zero-order valence-electron chi connectivity index (χ0n) is 11.8. The molecule has 1 aromatic heterocycles. The molecule has 23 heavy (non-hydrogen) atoms. The van der Waals surface area contributed by atoms with Crippen molar-refractivity contribution in [1.82, 2.24) is 20.2 Å². The number of anilines is 1. The van der Waals surface area contributed by atoms with E-state index in [0.29, 0.717) is 11.0 Å². The van der Waals surface area contributed by atoms with E-state index in [0.717, 1.165) is 16.8 Å². The van der Waals surface area contributed by atoms with Crippen molar-refractivity contribution in [2.24, 2.45) is 0 Å². The molecule has 1 N–H and O–H groups in total. The number of tetrazole rings is 1. The Morgan fingerprint density at radius 3 is 2.65 bits per heavy atom. The molecule has 2 heterocycles. The lowest BCUT2D eigenvalue weighted by atomic mass is 10.0. The van der Waals surface area contributed by atoms with Crippen LogP contribution in [-0.2, 0) is 0 Å². The van der Waals surface area contributed by atoms with Gasteiger partial charge in [-0.15, -0.1) is 0 Å². The van der Waals surface area contributed by atoms with Gasteiger partial charge in [0.2, 0.25) is 5.95 Å². The van der Waals surface area contributed by atoms with Crippen LogP contribution in [0.25, 0.3) is 5.70 Å². The summed E-state index contributed by atoms with van der Waals surface area (Å²) in [4.78, 5) is 0. The molecule has 0 spiro atoms. The molecule has 0 aliphatic carbocycles. The van der Waals surface area contributed by atoms with Gasteiger partial charge in [0.15, 0.2) is 0 Å². The molecule has 1 atom stereocenters. The second kappa shape index (κ2) is 5.48. The monoisotopic (exact) mass is 327 g/mol. The Kier molecular flexibility index (Phi) is 3.31. The molecule has 1 aliphatic heterocycles. The molecular formula is C16H11ClFN5. The van der Waals surface area contributed by atoms with Crippen LogP contribution in [0.3, 0.4) is 0 Å². The fourth-order valence-electron chi connectivity index (χ4n) is 2.59. The standard InChI is InChI=1S/C16H11ClFN5/c17-13-4-2-1-3-12(13)15-9-14(10-5-7-11(18)8-6-10)19-16-20-21-22-23(15)16/h1-9,15H,(H,19,20,22)/t15-/m1/s1. The highest BCUT2D eigenvalue weighted by Gasteiger charge is 2.25. The van der Waals surface area contributed by atoms with Crippen LogP contribution in [0.4, 0.5) is 10.3 Å². The normalized spacial score (nSPS) is 16.4. The van der Waals surface area contributed by atoms with Crippen LogP contribution >= 0.6 is 11.6 Å². The summed E-state index contributed by atoms with van der Waals surface area (Å²) in [5.41, 5.74) is 2.54. The SMILES string of the molecule is Fc1ccc(C2=C[C@H](c3ccccc3Cl)n3nnnc3N2)cc1. The summed E-state index contributed by atoms with van der Waals surface area (Å²) in [6.07, 6.45) is 1.97. The fourth-order valence-corrected chi connectivity index (χ4v) is 2.84. The first kappa shape index (κ1) is 13.9. The van der Waals surface area contributed by atoms with E-state index >= 15 is 0 Å². The summed E-state index contributed by atoms with van der Waals surface area (Å²) in [5, 5.41) is 15.5. The molecular weight excluding hydrogens is 317 g/mol. The first-order valence-corrected chi connectivity index (χ1v) is 7.37. The van der Waals surface area contributed by atoms with Gasteiger partial charge in [0, 0.05) is 10.7 Å². The summed E-state index contributed by atoms with van der Waals surface area (Å²) < 4.78 is 14.8. The Bertz CT molecular complexity index is 887. The van der Waals surface area contributed by atoms with Gasteiger partial charge in [0.1, 0.15) is 11.9 Å². The Balaban J connectivity index is 1.83. The molecule has 4 rings (SSSR count). The largest absolute Gasteiger partial charge is 0.323 e. The first-order valence-electron chi connectivity index (χ1n) is 6.99. The van der Waals surface area contributed by atoms with Crippen LogP contribution in [0.2, 0.25) is 5.02 Å². The maximum absolute atomic E-state index is 13.1. The van der Waals surface area contributed by atoms with Gasteiger partial charge in [-0.2, -0.15) is 4.68 Å². The highest BCUT2D eigenvalue weighted by Crippen LogP contribution is 2.34. The lowest BCUT2D eigenvalue weighted by Gasteiger charge is -2.24. The second-order valence-corrected chi connectivity index (χ2v) is 5.53. The van der Waals surface area contributed by atoms with Crippen LogP contribution in [0, 0.1) is 5.82 Å². The van der Waals surface area contributed by atoms with Gasteiger partial charge in [0.05, 0.1) is 0 Å². The fraction of sp³-hybridized carbons (Fsp3) is 0.0625. The minimum atomic E-state index is -0.280. The molecule has 0 bridgehead atoms. The summed E-state index contributed by atoms with van der Waals surface area (Å²) >= 11 is 6.32. The van der Waals surface area contributed by atoms with Crippen molar-refractivity contribution in [3.8, 4) is 0 Å². The van der Waals surface area contributed by atoms with Gasteiger partial charge in [-0.1, -0.05) is 34.9 Å². The third-order valence-corrected chi connectivity index (χ3v) is 4.05. The van der Waals surface area contributed by atoms with Crippen molar-refractivity contribution < 1.29 is 4.39 Å². The van der Waals surface area contributed by atoms with Crippen LogP contribution in [0.5, 0.6) is 0 Å². The smallest absolute Gasteiger partial charge is 0.248 e. The van der Waals surface area contributed by atoms with Crippen LogP contribution < -0.4 is 5.32 Å². The molecule has 0 radical (unpaired) electrons. The van der Waals surface area contributed by atoms with Gasteiger partial charge in [0.25, 0.3) is 0 Å². The molecule has 0 fully saturated rings. The molecule has 2 aromatic carbocycles. The number of hydrogen-bond acceptors (Lipinski definition) is 4. The molecule has 5 nitrogen and oxygen atoms in total. The van der Waals surface area contributed by atoms with Gasteiger partial charge in [-0.05, 0) is 58.0 Å². The highest BCUT2D eigenvalue weighted by atomic mass is 35.5. The van der Waals surface area contributed by atoms with Crippen molar-refractivity contribution in [3.05, 3.63) is 76.6 Å². The van der Waals surface area contributed by atoms with E-state index in [4.69, 9.17) is 11.6 Å². The molecule has 0 amide bonds. The van der Waals surface area contributed by atoms with Crippen LogP contribution in [0.1, 0.15) is 17.2 Å². The van der Waals surface area contributed by atoms with Crippen molar-refractivity contribution in [2.45, 2.75) is 6.04 Å². The Morgan fingerprint density at radius 1 is 1.09 bits per heavy atom. The minimum Gasteiger partial charge on any atom is -0.323 e. The van der Waals surface area contributed by atoms with E-state index in [1.807, 2.05) is 30.3 Å². The van der Waals surface area contributed by atoms with E-state index < -0.39 is 0 Å². The second-order valence-electron chi connectivity index (χ2n) is 5.13. The predicted octanol–water partition coefficient (Wildman–Crippen LogP) is 3.52. The molecule has 0 saturated heterocycles. The number of aromatic nitrogens is 4. The Morgan fingerprint density at radius 2 is 1.87 bits per heavy atom. The number of allylic oxidation sites excluding steroid dienone is 1. The molecule has 3 aromatic rings. The van der Waals surface area contributed by atoms with Crippen LogP contribution in [-0.4, -0.2) is 20.2 Å². The van der Waals surface area contributed by atoms with Crippen molar-refractivity contribution in [1.29, 1.82) is 0 Å². The van der Waals surface area contributed by atoms with Gasteiger partial charge < -0.3 is 5.32 Å². The summed E-state index contributed by atoms with van der Waals surface area (Å²) in [6, 6.07) is 13.6. The molecule has 7 heteroatoms. The summed E-state index contributed by atoms with van der Waals surface area (Å²) in [5.74, 6) is 0.231. The number of rotatable bonds is 2. The molecule has 0 unspecified atom stereocenters. The van der Waals surface area contributed by atoms with Crippen molar-refractivity contribution in [2.75, 3.05) is 5.32 Å². The van der Waals surface area contributed by atoms with Crippen molar-refractivity contribution >= 4 is 23.2 Å². The summed E-state index contributed by atoms with van der Waals surface area (Å²) in [6.45, 7) is 0. The molecule has 114 valence electrons. The molecule has 0 saturated carbocycles. The lowest BCUT2D eigenvalue weighted by Crippen LogP contribution is -2.20. The third kappa shape index (κ3) is 2.47. The van der Waals surface area contributed by atoms with E-state index in [9.17, 15) is 4.39 Å². The van der Waals surface area contributed by atoms with E-state index in [-0.39, 0.29) is 11.9 Å². The lowest BCUT2D eigenvalue weighted by molar-refractivity contribution is 0.586. The quantitative estimate of drug-likeness (QED) is 0.782. The van der Waals surface area contributed by atoms with E-state index in [1.165, 1.54) is 12.1 Å². The average Bonchev–Trinajstić information content (AvgIpc) is 3.04. The number of hydrogen-bond donors (Lipinski definition) is 1. The highest BCUT2D eigenvalue weighted by molar-refractivity contribution is 6.31. The Hall–Kier alpha value is -2.73. The molecule has 1 aliphatic rings. The third-order valence-electron chi connectivity index (χ3n) is 3.71. The van der Waals surface area contributed by atoms with Gasteiger partial charge in [-0.25, -0.2) is 4.39 Å². The zero-order chi connectivity index (χ0) is 15.8. The first-order chi connectivity index (χ1) is 11.2. The number of halogens is 2. The van der Waals surface area contributed by atoms with E-state index in [2.05, 4.69) is 20.8 Å². The topological polar surface area (TPSA) is 55.6 Å². The minimum absolute atomic E-state index is 0.241. The maximum atomic E-state index is 13.1. The van der Waals surface area contributed by atoms with Gasteiger partial charge in [-0.3, -0.25) is 0 Å². The Labute approximate surface area is 136 Å². The number of fused-ring (bicyclic) bond motifs is 1. The van der Waals surface area contributed by atoms with Gasteiger partial charge >= 0.3 is 0 Å².